The standard InChI is InChI=1S/C18H15F3N2O2/c19-12-5-1-4-11(10-12)18(25)23-9-3-8-15(23)17(24)22-16-13(20)6-2-7-14(16)21/h1-2,4-7,10,15H,3,8-9H2,(H,22,24)/t15-/m1/s1. The summed E-state index contributed by atoms with van der Waals surface area (Å²) in [6, 6.07) is 7.55. The van der Waals surface area contributed by atoms with Gasteiger partial charge in [0.2, 0.25) is 5.91 Å². The normalized spacial score (nSPS) is 16.8. The number of carbonyl (C=O) groups excluding carboxylic acids is 2. The van der Waals surface area contributed by atoms with Crippen LogP contribution in [0.4, 0.5) is 18.9 Å². The van der Waals surface area contributed by atoms with Crippen molar-refractivity contribution in [1.29, 1.82) is 0 Å². The highest BCUT2D eigenvalue weighted by atomic mass is 19.1. The third kappa shape index (κ3) is 3.50. The fourth-order valence-electron chi connectivity index (χ4n) is 2.89. The number of hydrogen-bond donors (Lipinski definition) is 1. The predicted molar refractivity (Wildman–Crippen MR) is 85.4 cm³/mol. The zero-order chi connectivity index (χ0) is 18.0. The summed E-state index contributed by atoms with van der Waals surface area (Å²) < 4.78 is 40.7. The van der Waals surface area contributed by atoms with Gasteiger partial charge in [0.15, 0.2) is 0 Å². The van der Waals surface area contributed by atoms with E-state index in [0.717, 1.165) is 18.2 Å². The molecule has 7 heteroatoms. The van der Waals surface area contributed by atoms with E-state index in [4.69, 9.17) is 0 Å². The van der Waals surface area contributed by atoms with E-state index >= 15 is 0 Å². The van der Waals surface area contributed by atoms with Crippen LogP contribution in [0.2, 0.25) is 0 Å². The molecular formula is C18H15F3N2O2. The predicted octanol–water partition coefficient (Wildman–Crippen LogP) is 3.35. The van der Waals surface area contributed by atoms with E-state index in [0.29, 0.717) is 19.4 Å². The van der Waals surface area contributed by atoms with Crippen molar-refractivity contribution in [3.8, 4) is 0 Å². The number of amides is 2. The maximum absolute atomic E-state index is 13.7. The fraction of sp³-hybridized carbons (Fsp3) is 0.222. The number of carbonyl (C=O) groups is 2. The Morgan fingerprint density at radius 1 is 1.04 bits per heavy atom. The van der Waals surface area contributed by atoms with Gasteiger partial charge in [-0.3, -0.25) is 9.59 Å². The number of benzene rings is 2. The van der Waals surface area contributed by atoms with Gasteiger partial charge in [-0.2, -0.15) is 0 Å². The molecule has 0 unspecified atom stereocenters. The van der Waals surface area contributed by atoms with Gasteiger partial charge < -0.3 is 10.2 Å². The Labute approximate surface area is 142 Å². The molecule has 1 atom stereocenters. The van der Waals surface area contributed by atoms with Crippen molar-refractivity contribution < 1.29 is 22.8 Å². The highest BCUT2D eigenvalue weighted by Crippen LogP contribution is 2.24. The molecule has 1 saturated heterocycles. The highest BCUT2D eigenvalue weighted by molar-refractivity contribution is 6.01. The van der Waals surface area contributed by atoms with E-state index in [-0.39, 0.29) is 5.56 Å². The van der Waals surface area contributed by atoms with Gasteiger partial charge >= 0.3 is 0 Å². The molecule has 2 aromatic rings. The first-order valence-electron chi connectivity index (χ1n) is 7.79. The quantitative estimate of drug-likeness (QED) is 0.925. The lowest BCUT2D eigenvalue weighted by Gasteiger charge is -2.24. The molecule has 3 rings (SSSR count). The molecule has 0 aromatic heterocycles. The Morgan fingerprint density at radius 3 is 2.40 bits per heavy atom. The molecule has 0 aliphatic carbocycles. The van der Waals surface area contributed by atoms with E-state index in [1.165, 1.54) is 29.2 Å². The summed E-state index contributed by atoms with van der Waals surface area (Å²) in [5.41, 5.74) is -0.422. The zero-order valence-electron chi connectivity index (χ0n) is 13.1. The van der Waals surface area contributed by atoms with E-state index in [1.807, 2.05) is 0 Å². The Kier molecular flexibility index (Phi) is 4.74. The summed E-state index contributed by atoms with van der Waals surface area (Å²) in [4.78, 5) is 26.2. The molecule has 1 aliphatic rings. The summed E-state index contributed by atoms with van der Waals surface area (Å²) in [6.45, 7) is 0.313. The molecule has 1 heterocycles. The van der Waals surface area contributed by atoms with E-state index in [9.17, 15) is 22.8 Å². The van der Waals surface area contributed by atoms with Crippen LogP contribution >= 0.6 is 0 Å². The molecule has 4 nitrogen and oxygen atoms in total. The van der Waals surface area contributed by atoms with Crippen molar-refractivity contribution in [1.82, 2.24) is 4.90 Å². The second kappa shape index (κ2) is 6.96. The van der Waals surface area contributed by atoms with Gasteiger partial charge in [-0.25, -0.2) is 13.2 Å². The van der Waals surface area contributed by atoms with Crippen molar-refractivity contribution in [3.05, 3.63) is 65.5 Å². The van der Waals surface area contributed by atoms with Crippen molar-refractivity contribution in [2.24, 2.45) is 0 Å². The van der Waals surface area contributed by atoms with Crippen LogP contribution in [0, 0.1) is 17.5 Å². The third-order valence-corrected chi connectivity index (χ3v) is 4.10. The summed E-state index contributed by atoms with van der Waals surface area (Å²) in [7, 11) is 0. The van der Waals surface area contributed by atoms with Crippen molar-refractivity contribution in [2.75, 3.05) is 11.9 Å². The smallest absolute Gasteiger partial charge is 0.254 e. The van der Waals surface area contributed by atoms with Crippen LogP contribution in [0.15, 0.2) is 42.5 Å². The number of nitrogens with zero attached hydrogens (tertiary/aromatic N) is 1. The first-order valence-corrected chi connectivity index (χ1v) is 7.79. The molecule has 1 fully saturated rings. The minimum Gasteiger partial charge on any atom is -0.327 e. The first kappa shape index (κ1) is 17.0. The molecule has 25 heavy (non-hydrogen) atoms. The largest absolute Gasteiger partial charge is 0.327 e. The van der Waals surface area contributed by atoms with Gasteiger partial charge in [-0.1, -0.05) is 12.1 Å². The van der Waals surface area contributed by atoms with Crippen LogP contribution < -0.4 is 5.32 Å². The lowest BCUT2D eigenvalue weighted by Crippen LogP contribution is -2.43. The molecule has 0 spiro atoms. The minimum absolute atomic E-state index is 0.122. The van der Waals surface area contributed by atoms with Crippen molar-refractivity contribution >= 4 is 17.5 Å². The van der Waals surface area contributed by atoms with Crippen molar-refractivity contribution in [3.63, 3.8) is 0 Å². The van der Waals surface area contributed by atoms with Gasteiger partial charge in [0.1, 0.15) is 29.2 Å². The average molecular weight is 348 g/mol. The molecule has 2 amide bonds. The lowest BCUT2D eigenvalue weighted by atomic mass is 10.1. The summed E-state index contributed by atoms with van der Waals surface area (Å²) in [5.74, 6) is -3.51. The Bertz CT molecular complexity index is 805. The second-order valence-electron chi connectivity index (χ2n) is 5.75. The third-order valence-electron chi connectivity index (χ3n) is 4.10. The van der Waals surface area contributed by atoms with Crippen molar-refractivity contribution in [2.45, 2.75) is 18.9 Å². The topological polar surface area (TPSA) is 49.4 Å². The van der Waals surface area contributed by atoms with Gasteiger partial charge in [-0.05, 0) is 43.2 Å². The maximum Gasteiger partial charge on any atom is 0.254 e. The molecule has 130 valence electrons. The molecule has 2 aromatic carbocycles. The van der Waals surface area contributed by atoms with E-state index < -0.39 is 41.0 Å². The number of anilines is 1. The zero-order valence-corrected chi connectivity index (χ0v) is 13.1. The summed E-state index contributed by atoms with van der Waals surface area (Å²) in [5, 5.41) is 2.21. The van der Waals surface area contributed by atoms with Crippen LogP contribution in [-0.4, -0.2) is 29.3 Å². The van der Waals surface area contributed by atoms with E-state index in [2.05, 4.69) is 5.32 Å². The summed E-state index contributed by atoms with van der Waals surface area (Å²) >= 11 is 0. The summed E-state index contributed by atoms with van der Waals surface area (Å²) in [6.07, 6.45) is 0.932. The fourth-order valence-corrected chi connectivity index (χ4v) is 2.89. The second-order valence-corrected chi connectivity index (χ2v) is 5.75. The van der Waals surface area contributed by atoms with Crippen LogP contribution in [-0.2, 0) is 4.79 Å². The molecule has 0 saturated carbocycles. The molecule has 1 aliphatic heterocycles. The number of nitrogens with one attached hydrogen (secondary N) is 1. The molecule has 0 bridgehead atoms. The monoisotopic (exact) mass is 348 g/mol. The van der Waals surface area contributed by atoms with E-state index in [1.54, 1.807) is 0 Å². The van der Waals surface area contributed by atoms with Gasteiger partial charge in [-0.15, -0.1) is 0 Å². The number of likely N-dealkylation sites (tertiary alicyclic amines) is 1. The molecule has 1 N–H and O–H groups in total. The number of halogens is 3. The Hall–Kier alpha value is -2.83. The minimum atomic E-state index is -0.894. The van der Waals surface area contributed by atoms with Crippen LogP contribution in [0.25, 0.3) is 0 Å². The Balaban J connectivity index is 1.79. The van der Waals surface area contributed by atoms with Crippen LogP contribution in [0.3, 0.4) is 0 Å². The number of hydrogen-bond acceptors (Lipinski definition) is 2. The van der Waals surface area contributed by atoms with Gasteiger partial charge in [0, 0.05) is 12.1 Å². The molecular weight excluding hydrogens is 333 g/mol. The SMILES string of the molecule is O=C(Nc1c(F)cccc1F)[C@H]1CCCN1C(=O)c1cccc(F)c1. The van der Waals surface area contributed by atoms with Gasteiger partial charge in [0.25, 0.3) is 5.91 Å². The Morgan fingerprint density at radius 2 is 1.72 bits per heavy atom. The average Bonchev–Trinajstić information content (AvgIpc) is 3.07. The maximum atomic E-state index is 13.7. The lowest BCUT2D eigenvalue weighted by molar-refractivity contribution is -0.119. The van der Waals surface area contributed by atoms with Crippen LogP contribution in [0.1, 0.15) is 23.2 Å². The van der Waals surface area contributed by atoms with Crippen LogP contribution in [0.5, 0.6) is 0 Å². The number of rotatable bonds is 3. The first-order chi connectivity index (χ1) is 12.0. The number of para-hydroxylation sites is 1. The highest BCUT2D eigenvalue weighted by Gasteiger charge is 2.35. The molecule has 0 radical (unpaired) electrons. The van der Waals surface area contributed by atoms with Gasteiger partial charge in [0.05, 0.1) is 0 Å².